The Morgan fingerprint density at radius 1 is 1.20 bits per heavy atom. The second-order valence-corrected chi connectivity index (χ2v) is 5.42. The zero-order valence-electron chi connectivity index (χ0n) is 10.9. The van der Waals surface area contributed by atoms with Gasteiger partial charge in [0.1, 0.15) is 16.2 Å². The number of nitrogens with zero attached hydrogens (tertiary/aromatic N) is 1. The van der Waals surface area contributed by atoms with Crippen molar-refractivity contribution >= 4 is 26.7 Å². The summed E-state index contributed by atoms with van der Waals surface area (Å²) >= 11 is 3.34. The molecule has 20 heavy (non-hydrogen) atoms. The normalized spacial score (nSPS) is 12.6. The maximum atomic E-state index is 6.24. The molecule has 0 aliphatic carbocycles. The van der Waals surface area contributed by atoms with E-state index in [0.717, 1.165) is 32.5 Å². The van der Waals surface area contributed by atoms with Crippen LogP contribution in [0.25, 0.3) is 10.8 Å². The maximum Gasteiger partial charge on any atom is 0.128 e. The molecule has 0 fully saturated rings. The third kappa shape index (κ3) is 2.42. The zero-order chi connectivity index (χ0) is 14.1. The Hall–Kier alpha value is -1.85. The lowest BCUT2D eigenvalue weighted by molar-refractivity contribution is 0.415. The van der Waals surface area contributed by atoms with Crippen molar-refractivity contribution in [3.8, 4) is 5.75 Å². The summed E-state index contributed by atoms with van der Waals surface area (Å²) in [5, 5.41) is 2.25. The minimum absolute atomic E-state index is 0.271. The first-order valence-corrected chi connectivity index (χ1v) is 7.00. The number of imidazole rings is 1. The van der Waals surface area contributed by atoms with Crippen LogP contribution in [0, 0.1) is 0 Å². The number of methoxy groups -OCH3 is 1. The molecule has 3 aromatic rings. The van der Waals surface area contributed by atoms with Gasteiger partial charge in [-0.3, -0.25) is 0 Å². The van der Waals surface area contributed by atoms with Crippen LogP contribution < -0.4 is 10.5 Å². The highest BCUT2D eigenvalue weighted by atomic mass is 79.9. The van der Waals surface area contributed by atoms with Crippen molar-refractivity contribution in [2.75, 3.05) is 7.11 Å². The SMILES string of the molecule is COc1ccc2cc(C(N)c3ncc(Br)[nH]3)ccc2c1. The number of hydrogen-bond acceptors (Lipinski definition) is 3. The van der Waals surface area contributed by atoms with Gasteiger partial charge in [0.25, 0.3) is 0 Å². The molecule has 0 saturated carbocycles. The van der Waals surface area contributed by atoms with Gasteiger partial charge in [-0.1, -0.05) is 18.2 Å². The molecule has 0 aliphatic heterocycles. The second-order valence-electron chi connectivity index (χ2n) is 4.57. The summed E-state index contributed by atoms with van der Waals surface area (Å²) in [5.41, 5.74) is 7.26. The van der Waals surface area contributed by atoms with E-state index < -0.39 is 0 Å². The van der Waals surface area contributed by atoms with Gasteiger partial charge < -0.3 is 15.5 Å². The molecule has 0 saturated heterocycles. The Morgan fingerprint density at radius 3 is 2.65 bits per heavy atom. The predicted molar refractivity (Wildman–Crippen MR) is 82.8 cm³/mol. The minimum Gasteiger partial charge on any atom is -0.497 e. The molecule has 1 heterocycles. The number of rotatable bonds is 3. The van der Waals surface area contributed by atoms with E-state index in [4.69, 9.17) is 10.5 Å². The van der Waals surface area contributed by atoms with Crippen molar-refractivity contribution in [3.63, 3.8) is 0 Å². The molecular weight excluding hydrogens is 318 g/mol. The first kappa shape index (κ1) is 13.1. The number of hydrogen-bond donors (Lipinski definition) is 2. The van der Waals surface area contributed by atoms with Crippen molar-refractivity contribution in [3.05, 3.63) is 58.6 Å². The number of fused-ring (bicyclic) bond motifs is 1. The molecule has 3 rings (SSSR count). The monoisotopic (exact) mass is 331 g/mol. The summed E-state index contributed by atoms with van der Waals surface area (Å²) in [6.07, 6.45) is 1.71. The average molecular weight is 332 g/mol. The highest BCUT2D eigenvalue weighted by Gasteiger charge is 2.12. The molecule has 5 heteroatoms. The molecule has 1 atom stereocenters. The zero-order valence-corrected chi connectivity index (χ0v) is 12.5. The van der Waals surface area contributed by atoms with Crippen molar-refractivity contribution in [1.29, 1.82) is 0 Å². The van der Waals surface area contributed by atoms with Crippen LogP contribution in [0.15, 0.2) is 47.2 Å². The van der Waals surface area contributed by atoms with E-state index >= 15 is 0 Å². The van der Waals surface area contributed by atoms with Crippen LogP contribution in [-0.4, -0.2) is 17.1 Å². The van der Waals surface area contributed by atoms with E-state index in [1.54, 1.807) is 13.3 Å². The number of aromatic nitrogens is 2. The maximum absolute atomic E-state index is 6.24. The van der Waals surface area contributed by atoms with E-state index in [1.165, 1.54) is 0 Å². The summed E-state index contributed by atoms with van der Waals surface area (Å²) < 4.78 is 6.05. The van der Waals surface area contributed by atoms with Crippen LogP contribution in [0.2, 0.25) is 0 Å². The lowest BCUT2D eigenvalue weighted by Gasteiger charge is -2.11. The van der Waals surface area contributed by atoms with E-state index in [-0.39, 0.29) is 6.04 Å². The molecule has 1 aromatic heterocycles. The van der Waals surface area contributed by atoms with Gasteiger partial charge >= 0.3 is 0 Å². The second kappa shape index (κ2) is 5.26. The topological polar surface area (TPSA) is 63.9 Å². The van der Waals surface area contributed by atoms with Crippen LogP contribution in [0.4, 0.5) is 0 Å². The largest absolute Gasteiger partial charge is 0.497 e. The van der Waals surface area contributed by atoms with Gasteiger partial charge in [0.15, 0.2) is 0 Å². The van der Waals surface area contributed by atoms with Gasteiger partial charge in [0.05, 0.1) is 19.3 Å². The number of benzene rings is 2. The quantitative estimate of drug-likeness (QED) is 0.773. The fourth-order valence-electron chi connectivity index (χ4n) is 2.19. The molecule has 2 aromatic carbocycles. The standard InChI is InChI=1S/C15H14BrN3O/c1-20-12-5-4-9-6-11(3-2-10(9)7-12)14(17)15-18-8-13(16)19-15/h2-8,14H,17H2,1H3,(H,18,19). The number of nitrogens with two attached hydrogens (primary N) is 1. The van der Waals surface area contributed by atoms with Gasteiger partial charge in [-0.2, -0.15) is 0 Å². The first-order valence-electron chi connectivity index (χ1n) is 6.21. The van der Waals surface area contributed by atoms with E-state index in [0.29, 0.717) is 0 Å². The number of nitrogens with one attached hydrogen (secondary N) is 1. The summed E-state index contributed by atoms with van der Waals surface area (Å²) in [6, 6.07) is 11.9. The van der Waals surface area contributed by atoms with E-state index in [9.17, 15) is 0 Å². The molecule has 102 valence electrons. The van der Waals surface area contributed by atoms with Crippen LogP contribution in [-0.2, 0) is 0 Å². The van der Waals surface area contributed by atoms with Crippen molar-refractivity contribution in [2.24, 2.45) is 5.73 Å². The van der Waals surface area contributed by atoms with Gasteiger partial charge in [-0.15, -0.1) is 0 Å². The number of H-pyrrole nitrogens is 1. The number of aromatic amines is 1. The van der Waals surface area contributed by atoms with Crippen molar-refractivity contribution in [1.82, 2.24) is 9.97 Å². The van der Waals surface area contributed by atoms with Gasteiger partial charge in [0, 0.05) is 0 Å². The Kier molecular flexibility index (Phi) is 3.46. The summed E-state index contributed by atoms with van der Waals surface area (Å²) in [7, 11) is 1.67. The Balaban J connectivity index is 2.00. The summed E-state index contributed by atoms with van der Waals surface area (Å²) in [4.78, 5) is 7.35. The lowest BCUT2D eigenvalue weighted by atomic mass is 10.0. The highest BCUT2D eigenvalue weighted by Crippen LogP contribution is 2.25. The molecular formula is C15H14BrN3O. The molecule has 0 aliphatic rings. The third-order valence-corrected chi connectivity index (χ3v) is 3.69. The van der Waals surface area contributed by atoms with Crippen LogP contribution >= 0.6 is 15.9 Å². The number of halogens is 1. The van der Waals surface area contributed by atoms with Crippen molar-refractivity contribution < 1.29 is 4.74 Å². The Morgan fingerprint density at radius 2 is 1.95 bits per heavy atom. The molecule has 0 bridgehead atoms. The fourth-order valence-corrected chi connectivity index (χ4v) is 2.50. The molecule has 3 N–H and O–H groups in total. The molecule has 1 unspecified atom stereocenters. The van der Waals surface area contributed by atoms with Crippen molar-refractivity contribution in [2.45, 2.75) is 6.04 Å². The molecule has 0 amide bonds. The van der Waals surface area contributed by atoms with Crippen LogP contribution in [0.5, 0.6) is 5.75 Å². The third-order valence-electron chi connectivity index (χ3n) is 3.29. The molecule has 0 spiro atoms. The fraction of sp³-hybridized carbons (Fsp3) is 0.133. The highest BCUT2D eigenvalue weighted by molar-refractivity contribution is 9.10. The summed E-state index contributed by atoms with van der Waals surface area (Å²) in [5.74, 6) is 1.59. The van der Waals surface area contributed by atoms with Gasteiger partial charge in [-0.25, -0.2) is 4.98 Å². The molecule has 0 radical (unpaired) electrons. The average Bonchev–Trinajstić information content (AvgIpc) is 2.92. The molecule has 4 nitrogen and oxygen atoms in total. The van der Waals surface area contributed by atoms with Gasteiger partial charge in [0.2, 0.25) is 0 Å². The smallest absolute Gasteiger partial charge is 0.128 e. The van der Waals surface area contributed by atoms with Crippen LogP contribution in [0.3, 0.4) is 0 Å². The lowest BCUT2D eigenvalue weighted by Crippen LogP contribution is -2.13. The Bertz CT molecular complexity index is 754. The minimum atomic E-state index is -0.271. The van der Waals surface area contributed by atoms with Crippen LogP contribution in [0.1, 0.15) is 17.4 Å². The van der Waals surface area contributed by atoms with E-state index in [1.807, 2.05) is 30.3 Å². The van der Waals surface area contributed by atoms with Gasteiger partial charge in [-0.05, 0) is 50.5 Å². The Labute approximate surface area is 125 Å². The number of ether oxygens (including phenoxy) is 1. The first-order chi connectivity index (χ1) is 9.67. The predicted octanol–water partition coefficient (Wildman–Crippen LogP) is 3.38. The summed E-state index contributed by atoms with van der Waals surface area (Å²) in [6.45, 7) is 0. The van der Waals surface area contributed by atoms with E-state index in [2.05, 4.69) is 32.0 Å².